The van der Waals surface area contributed by atoms with Gasteiger partial charge in [0.05, 0.1) is 19.1 Å². The number of nitrogens with zero attached hydrogens (tertiary/aromatic N) is 2. The number of hydrogen-bond donors (Lipinski definition) is 2. The number of anilines is 1. The molecule has 2 aliphatic rings. The predicted octanol–water partition coefficient (Wildman–Crippen LogP) is 6.28. The van der Waals surface area contributed by atoms with Crippen molar-refractivity contribution in [1.29, 1.82) is 0 Å². The maximum atomic E-state index is 13.6. The number of nitrogens with one attached hydrogen (secondary N) is 1. The number of carbonyl (C=O) groups is 2. The summed E-state index contributed by atoms with van der Waals surface area (Å²) >= 11 is 0. The molecule has 0 bridgehead atoms. The minimum absolute atomic E-state index is 0.00341. The number of aliphatic hydroxyl groups is 1. The van der Waals surface area contributed by atoms with E-state index in [-0.39, 0.29) is 48.8 Å². The van der Waals surface area contributed by atoms with Crippen LogP contribution in [0, 0.1) is 11.8 Å². The molecule has 8 nitrogen and oxygen atoms in total. The van der Waals surface area contributed by atoms with E-state index in [2.05, 4.69) is 36.3 Å². The van der Waals surface area contributed by atoms with Crippen LogP contribution in [0.2, 0.25) is 0 Å². The lowest BCUT2D eigenvalue weighted by Gasteiger charge is -2.34. The molecule has 0 radical (unpaired) electrons. The molecule has 5 rings (SSSR count). The van der Waals surface area contributed by atoms with Gasteiger partial charge in [0.15, 0.2) is 0 Å². The van der Waals surface area contributed by atoms with E-state index in [1.165, 1.54) is 6.42 Å². The van der Waals surface area contributed by atoms with Crippen molar-refractivity contribution >= 4 is 17.5 Å². The molecule has 2 amide bonds. The minimum atomic E-state index is -0.314. The standard InChI is InChI=1S/C37H47N3O5/c1-26-22-40(27(2)25-41)36(42)21-30-20-31(38-37(43)29-10-6-4-7-11-29)16-19-34(30)45-35(26)24-39(3)23-28-14-17-33(18-15-28)44-32-12-8-5-9-13-32/h5,8-9,12-20,26-27,29,35,41H,4,6-7,10-11,21-25H2,1-3H3,(H,38,43)/t26-,27-,35-/m0/s1. The van der Waals surface area contributed by atoms with Gasteiger partial charge in [-0.2, -0.15) is 0 Å². The third-order valence-electron chi connectivity index (χ3n) is 9.01. The number of para-hydroxylation sites is 1. The summed E-state index contributed by atoms with van der Waals surface area (Å²) in [6, 6.07) is 23.2. The zero-order chi connectivity index (χ0) is 31.8. The molecule has 1 aliphatic heterocycles. The van der Waals surface area contributed by atoms with Crippen molar-refractivity contribution in [3.63, 3.8) is 0 Å². The second kappa shape index (κ2) is 15.4. The minimum Gasteiger partial charge on any atom is -0.488 e. The molecule has 8 heteroatoms. The van der Waals surface area contributed by atoms with Gasteiger partial charge in [0.1, 0.15) is 23.4 Å². The van der Waals surface area contributed by atoms with Crippen molar-refractivity contribution in [1.82, 2.24) is 9.80 Å². The predicted molar refractivity (Wildman–Crippen MR) is 176 cm³/mol. The van der Waals surface area contributed by atoms with Crippen molar-refractivity contribution in [3.8, 4) is 17.2 Å². The summed E-state index contributed by atoms with van der Waals surface area (Å²) in [4.78, 5) is 30.5. The molecule has 0 spiro atoms. The zero-order valence-electron chi connectivity index (χ0n) is 26.8. The first-order chi connectivity index (χ1) is 21.8. The lowest BCUT2D eigenvalue weighted by atomic mass is 9.88. The fraction of sp³-hybridized carbons (Fsp3) is 0.459. The van der Waals surface area contributed by atoms with Gasteiger partial charge in [-0.05, 0) is 74.8 Å². The summed E-state index contributed by atoms with van der Waals surface area (Å²) in [5.74, 6) is 2.28. The van der Waals surface area contributed by atoms with E-state index in [0.29, 0.717) is 31.1 Å². The van der Waals surface area contributed by atoms with Crippen LogP contribution in [0.25, 0.3) is 0 Å². The van der Waals surface area contributed by atoms with Crippen LogP contribution < -0.4 is 14.8 Å². The molecule has 45 heavy (non-hydrogen) atoms. The Morgan fingerprint density at radius 1 is 1.04 bits per heavy atom. The summed E-state index contributed by atoms with van der Waals surface area (Å²) in [5.41, 5.74) is 2.58. The Kier molecular flexibility index (Phi) is 11.1. The maximum Gasteiger partial charge on any atom is 0.227 e. The lowest BCUT2D eigenvalue weighted by molar-refractivity contribution is -0.134. The van der Waals surface area contributed by atoms with Crippen molar-refractivity contribution in [2.24, 2.45) is 11.8 Å². The maximum absolute atomic E-state index is 13.6. The van der Waals surface area contributed by atoms with Crippen LogP contribution >= 0.6 is 0 Å². The Morgan fingerprint density at radius 3 is 2.47 bits per heavy atom. The first kappa shape index (κ1) is 32.5. The van der Waals surface area contributed by atoms with Gasteiger partial charge in [-0.25, -0.2) is 0 Å². The number of fused-ring (bicyclic) bond motifs is 1. The molecule has 1 saturated carbocycles. The zero-order valence-corrected chi connectivity index (χ0v) is 26.8. The molecule has 3 aromatic rings. The molecule has 3 atom stereocenters. The normalized spacial score (nSPS) is 19.9. The highest BCUT2D eigenvalue weighted by Gasteiger charge is 2.31. The van der Waals surface area contributed by atoms with Crippen molar-refractivity contribution in [2.75, 3.05) is 32.1 Å². The fourth-order valence-electron chi connectivity index (χ4n) is 6.31. The Balaban J connectivity index is 1.30. The smallest absolute Gasteiger partial charge is 0.227 e. The van der Waals surface area contributed by atoms with Gasteiger partial charge in [-0.15, -0.1) is 0 Å². The quantitative estimate of drug-likeness (QED) is 0.280. The Morgan fingerprint density at radius 2 is 1.76 bits per heavy atom. The highest BCUT2D eigenvalue weighted by Crippen LogP contribution is 2.31. The molecule has 0 aromatic heterocycles. The van der Waals surface area contributed by atoms with E-state index in [1.54, 1.807) is 4.90 Å². The Hall–Kier alpha value is -3.88. The third kappa shape index (κ3) is 8.86. The van der Waals surface area contributed by atoms with Gasteiger partial charge in [-0.1, -0.05) is 56.5 Å². The van der Waals surface area contributed by atoms with Gasteiger partial charge >= 0.3 is 0 Å². The van der Waals surface area contributed by atoms with Crippen LogP contribution in [0.5, 0.6) is 17.2 Å². The molecule has 0 saturated heterocycles. The number of benzene rings is 3. The van der Waals surface area contributed by atoms with E-state index in [9.17, 15) is 14.7 Å². The van der Waals surface area contributed by atoms with Gasteiger partial charge in [0, 0.05) is 42.7 Å². The van der Waals surface area contributed by atoms with E-state index in [0.717, 1.165) is 48.3 Å². The van der Waals surface area contributed by atoms with Crippen LogP contribution in [0.1, 0.15) is 57.1 Å². The van der Waals surface area contributed by atoms with E-state index in [1.807, 2.05) is 67.6 Å². The Bertz CT molecular complexity index is 1410. The molecule has 1 aliphatic carbocycles. The highest BCUT2D eigenvalue weighted by atomic mass is 16.5. The number of rotatable bonds is 10. The largest absolute Gasteiger partial charge is 0.488 e. The van der Waals surface area contributed by atoms with Crippen LogP contribution in [-0.2, 0) is 22.6 Å². The summed E-state index contributed by atoms with van der Waals surface area (Å²) in [6.45, 7) is 5.69. The van der Waals surface area contributed by atoms with E-state index >= 15 is 0 Å². The second-order valence-electron chi connectivity index (χ2n) is 12.8. The van der Waals surface area contributed by atoms with Crippen LogP contribution in [0.3, 0.4) is 0 Å². The fourth-order valence-corrected chi connectivity index (χ4v) is 6.31. The van der Waals surface area contributed by atoms with Crippen molar-refractivity contribution in [3.05, 3.63) is 83.9 Å². The number of likely N-dealkylation sites (N-methyl/N-ethyl adjacent to an activating group) is 1. The molecular formula is C37H47N3O5. The van der Waals surface area contributed by atoms with Crippen LogP contribution in [0.15, 0.2) is 72.8 Å². The third-order valence-corrected chi connectivity index (χ3v) is 9.01. The van der Waals surface area contributed by atoms with Gasteiger partial charge in [0.25, 0.3) is 0 Å². The molecule has 0 unspecified atom stereocenters. The molecule has 240 valence electrons. The van der Waals surface area contributed by atoms with Gasteiger partial charge in [0.2, 0.25) is 11.8 Å². The average Bonchev–Trinajstić information content (AvgIpc) is 3.09. The molecule has 3 aromatic carbocycles. The monoisotopic (exact) mass is 613 g/mol. The number of hydrogen-bond acceptors (Lipinski definition) is 6. The summed E-state index contributed by atoms with van der Waals surface area (Å²) in [6.07, 6.45) is 5.14. The number of ether oxygens (including phenoxy) is 2. The van der Waals surface area contributed by atoms with Crippen molar-refractivity contribution in [2.45, 2.75) is 71.1 Å². The SMILES string of the molecule is C[C@H]1CN([C@@H](C)CO)C(=O)Cc2cc(NC(=O)C3CCCCC3)ccc2O[C@H]1CN(C)Cc1ccc(Oc2ccccc2)cc1. The number of amides is 2. The topological polar surface area (TPSA) is 91.3 Å². The van der Waals surface area contributed by atoms with Gasteiger partial charge < -0.3 is 24.8 Å². The van der Waals surface area contributed by atoms with E-state index < -0.39 is 0 Å². The summed E-state index contributed by atoms with van der Waals surface area (Å²) < 4.78 is 12.6. The van der Waals surface area contributed by atoms with Gasteiger partial charge in [-0.3, -0.25) is 14.5 Å². The van der Waals surface area contributed by atoms with Crippen LogP contribution in [0.4, 0.5) is 5.69 Å². The lowest BCUT2D eigenvalue weighted by Crippen LogP contribution is -2.47. The molecular weight excluding hydrogens is 566 g/mol. The van der Waals surface area contributed by atoms with Crippen molar-refractivity contribution < 1.29 is 24.2 Å². The summed E-state index contributed by atoms with van der Waals surface area (Å²) in [5, 5.41) is 13.1. The molecule has 1 heterocycles. The first-order valence-corrected chi connectivity index (χ1v) is 16.3. The van der Waals surface area contributed by atoms with E-state index in [4.69, 9.17) is 9.47 Å². The second-order valence-corrected chi connectivity index (χ2v) is 12.8. The summed E-state index contributed by atoms with van der Waals surface area (Å²) in [7, 11) is 2.07. The highest BCUT2D eigenvalue weighted by molar-refractivity contribution is 5.93. The number of carbonyl (C=O) groups excluding carboxylic acids is 2. The van der Waals surface area contributed by atoms with Crippen LogP contribution in [-0.4, -0.2) is 65.6 Å². The molecule has 1 fully saturated rings. The Labute approximate surface area is 267 Å². The first-order valence-electron chi connectivity index (χ1n) is 16.3. The average molecular weight is 614 g/mol. The number of aliphatic hydroxyl groups excluding tert-OH is 1. The molecule has 2 N–H and O–H groups in total.